The van der Waals surface area contributed by atoms with Gasteiger partial charge in [-0.3, -0.25) is 0 Å². The molecule has 3 fully saturated rings. The van der Waals surface area contributed by atoms with Gasteiger partial charge in [0.05, 0.1) is 19.8 Å². The number of hydrogen-bond donors (Lipinski definition) is 12. The van der Waals surface area contributed by atoms with E-state index in [0.717, 1.165) is 0 Å². The predicted molar refractivity (Wildman–Crippen MR) is 103 cm³/mol. The Bertz CT molecular complexity index is 569. The van der Waals surface area contributed by atoms with Crippen LogP contribution in [0.2, 0.25) is 0 Å². The molecule has 200 valence electrons. The molecule has 0 aromatic carbocycles. The fourth-order valence-corrected chi connectivity index (χ4v) is 4.42. The maximum atomic E-state index is 10.7. The molecule has 0 aliphatic carbocycles. The van der Waals surface area contributed by atoms with Gasteiger partial charge in [0.15, 0.2) is 0 Å². The molecule has 0 saturated carbocycles. The van der Waals surface area contributed by atoms with Crippen LogP contribution in [0.3, 0.4) is 0 Å². The molecular formula is C18H33NO15. The molecule has 0 bridgehead atoms. The van der Waals surface area contributed by atoms with Crippen molar-refractivity contribution in [3.8, 4) is 0 Å². The standard InChI is InChI=1S/C18H33NO15/c20-1-4-7(23)10(26)13(29)16(32-4)19(17-14(30)11(27)8(24)5(2-21)33-17)18-15(31)12(28)9(25)6(3-22)34-18/h4-18,20-31H,1-3H2/t4-,5-,6-,7-,8-,9-,10+,11+,12+,13-,14-,15-,16?,17?,18?/m1/s1. The third-order valence-corrected chi connectivity index (χ3v) is 6.48. The van der Waals surface area contributed by atoms with Crippen LogP contribution in [-0.2, 0) is 14.2 Å². The summed E-state index contributed by atoms with van der Waals surface area (Å²) >= 11 is 0. The first-order valence-corrected chi connectivity index (χ1v) is 10.7. The molecule has 34 heavy (non-hydrogen) atoms. The number of ether oxygens (including phenoxy) is 3. The molecule has 0 spiro atoms. The Morgan fingerprint density at radius 1 is 0.382 bits per heavy atom. The van der Waals surface area contributed by atoms with Gasteiger partial charge in [0.25, 0.3) is 0 Å². The van der Waals surface area contributed by atoms with Crippen LogP contribution in [0.15, 0.2) is 0 Å². The van der Waals surface area contributed by atoms with Crippen molar-refractivity contribution >= 4 is 0 Å². The molecule has 3 heterocycles. The van der Waals surface area contributed by atoms with Gasteiger partial charge < -0.3 is 75.5 Å². The molecule has 3 unspecified atom stereocenters. The minimum Gasteiger partial charge on any atom is -0.394 e. The lowest BCUT2D eigenvalue weighted by Gasteiger charge is -2.55. The third-order valence-electron chi connectivity index (χ3n) is 6.48. The van der Waals surface area contributed by atoms with E-state index in [1.165, 1.54) is 0 Å². The van der Waals surface area contributed by atoms with Crippen molar-refractivity contribution in [1.82, 2.24) is 4.90 Å². The summed E-state index contributed by atoms with van der Waals surface area (Å²) in [4.78, 5) is 0.716. The van der Waals surface area contributed by atoms with E-state index in [1.54, 1.807) is 0 Å². The molecule has 16 nitrogen and oxygen atoms in total. The number of nitrogens with zero attached hydrogens (tertiary/aromatic N) is 1. The first-order chi connectivity index (χ1) is 16.0. The normalized spacial score (nSPS) is 52.7. The van der Waals surface area contributed by atoms with Gasteiger partial charge >= 0.3 is 0 Å². The molecule has 0 aromatic rings. The van der Waals surface area contributed by atoms with Gasteiger partial charge in [-0.05, 0) is 0 Å². The molecule has 3 saturated heterocycles. The minimum atomic E-state index is -2.02. The zero-order chi connectivity index (χ0) is 25.5. The highest BCUT2D eigenvalue weighted by Crippen LogP contribution is 2.35. The van der Waals surface area contributed by atoms with E-state index in [9.17, 15) is 61.3 Å². The Kier molecular flexibility index (Phi) is 9.18. The summed E-state index contributed by atoms with van der Waals surface area (Å²) in [5.74, 6) is 0. The summed E-state index contributed by atoms with van der Waals surface area (Å²) in [7, 11) is 0. The van der Waals surface area contributed by atoms with Crippen molar-refractivity contribution in [1.29, 1.82) is 0 Å². The van der Waals surface area contributed by atoms with Gasteiger partial charge in [0.2, 0.25) is 0 Å². The lowest BCUT2D eigenvalue weighted by atomic mass is 9.92. The summed E-state index contributed by atoms with van der Waals surface area (Å²) in [5.41, 5.74) is 0. The average Bonchev–Trinajstić information content (AvgIpc) is 2.83. The molecular weight excluding hydrogens is 470 g/mol. The van der Waals surface area contributed by atoms with Gasteiger partial charge in [0, 0.05) is 0 Å². The van der Waals surface area contributed by atoms with E-state index < -0.39 is 112 Å². The Labute approximate surface area is 193 Å². The van der Waals surface area contributed by atoms with E-state index in [2.05, 4.69) is 0 Å². The zero-order valence-electron chi connectivity index (χ0n) is 17.8. The summed E-state index contributed by atoms with van der Waals surface area (Å²) in [6.07, 6.45) is -27.2. The highest BCUT2D eigenvalue weighted by molar-refractivity contribution is 5.01. The topological polar surface area (TPSA) is 274 Å². The zero-order valence-corrected chi connectivity index (χ0v) is 17.8. The largest absolute Gasteiger partial charge is 0.394 e. The van der Waals surface area contributed by atoms with Gasteiger partial charge in [-0.1, -0.05) is 0 Å². The molecule has 12 N–H and O–H groups in total. The number of hydrogen-bond acceptors (Lipinski definition) is 16. The van der Waals surface area contributed by atoms with Crippen LogP contribution in [0.4, 0.5) is 0 Å². The van der Waals surface area contributed by atoms with E-state index in [-0.39, 0.29) is 0 Å². The molecule has 3 aliphatic rings. The number of aliphatic hydroxyl groups is 12. The van der Waals surface area contributed by atoms with Crippen LogP contribution in [0.25, 0.3) is 0 Å². The van der Waals surface area contributed by atoms with E-state index in [1.807, 2.05) is 0 Å². The maximum Gasteiger partial charge on any atom is 0.144 e. The maximum absolute atomic E-state index is 10.7. The van der Waals surface area contributed by atoms with Crippen LogP contribution >= 0.6 is 0 Å². The Balaban J connectivity index is 2.06. The van der Waals surface area contributed by atoms with Crippen LogP contribution in [0, 0.1) is 0 Å². The average molecular weight is 503 g/mol. The van der Waals surface area contributed by atoms with Crippen molar-refractivity contribution in [3.63, 3.8) is 0 Å². The van der Waals surface area contributed by atoms with Crippen LogP contribution < -0.4 is 0 Å². The van der Waals surface area contributed by atoms with Crippen LogP contribution in [0.1, 0.15) is 0 Å². The lowest BCUT2D eigenvalue weighted by molar-refractivity contribution is -0.373. The second kappa shape index (κ2) is 11.2. The Morgan fingerprint density at radius 3 is 0.824 bits per heavy atom. The first kappa shape index (κ1) is 27.9. The number of aliphatic hydroxyl groups excluding tert-OH is 12. The minimum absolute atomic E-state index is 0.716. The summed E-state index contributed by atoms with van der Waals surface area (Å²) in [6, 6.07) is 0. The molecule has 3 rings (SSSR count). The molecule has 0 radical (unpaired) electrons. The van der Waals surface area contributed by atoms with Crippen molar-refractivity contribution in [3.05, 3.63) is 0 Å². The lowest BCUT2D eigenvalue weighted by Crippen LogP contribution is -2.75. The Morgan fingerprint density at radius 2 is 0.618 bits per heavy atom. The first-order valence-electron chi connectivity index (χ1n) is 10.7. The van der Waals surface area contributed by atoms with Gasteiger partial charge in [-0.15, -0.1) is 0 Å². The molecule has 3 aliphatic heterocycles. The smallest absolute Gasteiger partial charge is 0.144 e. The fraction of sp³-hybridized carbons (Fsp3) is 1.00. The van der Waals surface area contributed by atoms with Gasteiger partial charge in [-0.25, -0.2) is 4.90 Å². The highest BCUT2D eigenvalue weighted by Gasteiger charge is 2.58. The van der Waals surface area contributed by atoms with Crippen LogP contribution in [-0.4, -0.2) is 178 Å². The van der Waals surface area contributed by atoms with E-state index in [0.29, 0.717) is 4.90 Å². The van der Waals surface area contributed by atoms with Gasteiger partial charge in [-0.2, -0.15) is 0 Å². The predicted octanol–water partition coefficient (Wildman–Crippen LogP) is -8.31. The van der Waals surface area contributed by atoms with Crippen molar-refractivity contribution in [2.75, 3.05) is 19.8 Å². The number of rotatable bonds is 6. The molecule has 0 aromatic heterocycles. The van der Waals surface area contributed by atoms with E-state index in [4.69, 9.17) is 14.2 Å². The quantitative estimate of drug-likeness (QED) is 0.160. The highest BCUT2D eigenvalue weighted by atomic mass is 16.6. The second-order valence-electron chi connectivity index (χ2n) is 8.61. The molecule has 0 amide bonds. The summed E-state index contributed by atoms with van der Waals surface area (Å²) in [6.45, 7) is -2.55. The third kappa shape index (κ3) is 4.83. The SMILES string of the molecule is OC[C@H]1OC(N(C2O[C@H](CO)[C@@H](O)[C@H](O)[C@H]2O)C2O[C@H](CO)[C@@H](O)[C@H](O)[C@H]2O)[C@H](O)[C@@H](O)[C@@H]1O. The Hall–Kier alpha value is -0.640. The molecule has 15 atom stereocenters. The van der Waals surface area contributed by atoms with Crippen molar-refractivity contribution < 1.29 is 75.5 Å². The van der Waals surface area contributed by atoms with Crippen molar-refractivity contribution in [2.24, 2.45) is 0 Å². The monoisotopic (exact) mass is 503 g/mol. The van der Waals surface area contributed by atoms with Gasteiger partial charge in [0.1, 0.15) is 91.9 Å². The summed E-state index contributed by atoms with van der Waals surface area (Å²) < 4.78 is 16.4. The fourth-order valence-electron chi connectivity index (χ4n) is 4.42. The summed E-state index contributed by atoms with van der Waals surface area (Å²) in [5, 5.41) is 122. The van der Waals surface area contributed by atoms with Crippen molar-refractivity contribution in [2.45, 2.75) is 91.9 Å². The van der Waals surface area contributed by atoms with E-state index >= 15 is 0 Å². The van der Waals surface area contributed by atoms with Crippen LogP contribution in [0.5, 0.6) is 0 Å². The second-order valence-corrected chi connectivity index (χ2v) is 8.61. The molecule has 16 heteroatoms.